The largest absolute Gasteiger partial charge is 0.467 e. The van der Waals surface area contributed by atoms with Crippen LogP contribution in [0.15, 0.2) is 76.5 Å². The first kappa shape index (κ1) is 28.8. The molecule has 3 aromatic heterocycles. The van der Waals surface area contributed by atoms with E-state index >= 15 is 0 Å². The van der Waals surface area contributed by atoms with Crippen LogP contribution in [0, 0.1) is 11.3 Å². The van der Waals surface area contributed by atoms with Crippen LogP contribution in [-0.4, -0.2) is 16.7 Å². The smallest absolute Gasteiger partial charge is 0.255 e. The van der Waals surface area contributed by atoms with E-state index in [-0.39, 0.29) is 11.3 Å². The van der Waals surface area contributed by atoms with Gasteiger partial charge in [0.15, 0.2) is 0 Å². The summed E-state index contributed by atoms with van der Waals surface area (Å²) in [5.74, 6) is 1.19. The van der Waals surface area contributed by atoms with Crippen molar-refractivity contribution in [2.24, 2.45) is 16.3 Å². The predicted molar refractivity (Wildman–Crippen MR) is 174 cm³/mol. The van der Waals surface area contributed by atoms with Crippen LogP contribution in [0.3, 0.4) is 0 Å². The number of benzene rings is 2. The average Bonchev–Trinajstić information content (AvgIpc) is 3.69. The van der Waals surface area contributed by atoms with Gasteiger partial charge in [-0.3, -0.25) is 4.79 Å². The van der Waals surface area contributed by atoms with Gasteiger partial charge in [-0.05, 0) is 72.1 Å². The molecule has 8 heteroatoms. The molecular weight excluding hydrogens is 585 g/mol. The molecule has 0 bridgehead atoms. The Morgan fingerprint density at radius 2 is 1.98 bits per heavy atom. The van der Waals surface area contributed by atoms with E-state index in [2.05, 4.69) is 49.0 Å². The van der Waals surface area contributed by atoms with Crippen LogP contribution < -0.4 is 5.32 Å². The van der Waals surface area contributed by atoms with Crippen molar-refractivity contribution >= 4 is 62.6 Å². The SMILES string of the molecule is CC(C)(C)[C@H]1CCc2c(sc(N=Cc3cn(Cc4ccc(Cl)c(Cl)c4)c4ccccc34)c2C(=O)NCc2ccco2)C1. The summed E-state index contributed by atoms with van der Waals surface area (Å²) in [6.45, 7) is 7.90. The van der Waals surface area contributed by atoms with E-state index in [0.29, 0.717) is 34.6 Å². The Morgan fingerprint density at radius 1 is 1.14 bits per heavy atom. The van der Waals surface area contributed by atoms with E-state index in [1.807, 2.05) is 48.7 Å². The van der Waals surface area contributed by atoms with Crippen LogP contribution >= 0.6 is 34.5 Å². The number of nitrogens with one attached hydrogen (secondary N) is 1. The van der Waals surface area contributed by atoms with Crippen LogP contribution in [0.1, 0.15) is 64.9 Å². The third-order valence-corrected chi connectivity index (χ3v) is 10.1. The molecule has 1 aliphatic rings. The molecular formula is C34H33Cl2N3O2S. The number of hydrogen-bond acceptors (Lipinski definition) is 4. The van der Waals surface area contributed by atoms with Gasteiger partial charge in [0.25, 0.3) is 5.91 Å². The Balaban J connectivity index is 1.35. The van der Waals surface area contributed by atoms with Crippen molar-refractivity contribution in [3.05, 3.63) is 110 Å². The van der Waals surface area contributed by atoms with Gasteiger partial charge in [-0.2, -0.15) is 0 Å². The lowest BCUT2D eigenvalue weighted by atomic mass is 9.72. The number of aliphatic imine (C=N–C) groups is 1. The van der Waals surface area contributed by atoms with Gasteiger partial charge in [0.1, 0.15) is 10.8 Å². The molecule has 3 heterocycles. The summed E-state index contributed by atoms with van der Waals surface area (Å²) < 4.78 is 7.64. The molecule has 0 radical (unpaired) electrons. The molecule has 1 N–H and O–H groups in total. The number of aromatic nitrogens is 1. The van der Waals surface area contributed by atoms with Crippen molar-refractivity contribution in [2.75, 3.05) is 0 Å². The maximum atomic E-state index is 13.6. The van der Waals surface area contributed by atoms with Crippen molar-refractivity contribution in [2.45, 2.75) is 53.1 Å². The summed E-state index contributed by atoms with van der Waals surface area (Å²) >= 11 is 14.1. The van der Waals surface area contributed by atoms with Gasteiger partial charge in [0.2, 0.25) is 0 Å². The van der Waals surface area contributed by atoms with Crippen LogP contribution in [0.4, 0.5) is 5.00 Å². The van der Waals surface area contributed by atoms with Crippen molar-refractivity contribution in [3.8, 4) is 0 Å². The molecule has 1 amide bonds. The standard InChI is InChI=1S/C34H33Cl2N3O2S/c1-34(2,3)23-11-12-26-30(16-23)42-33(31(26)32(40)37-18-24-7-6-14-41-24)38-17-22-20-39(29-9-5-4-8-25(22)29)19-21-10-13-27(35)28(36)15-21/h4-10,13-15,17,20,23H,11-12,16,18-19H2,1-3H3,(H,37,40)/t23-/m0/s1. The molecule has 0 spiro atoms. The highest BCUT2D eigenvalue weighted by atomic mass is 35.5. The molecule has 0 fully saturated rings. The Morgan fingerprint density at radius 3 is 2.74 bits per heavy atom. The summed E-state index contributed by atoms with van der Waals surface area (Å²) in [6, 6.07) is 17.7. The predicted octanol–water partition coefficient (Wildman–Crippen LogP) is 9.48. The van der Waals surface area contributed by atoms with Gasteiger partial charge < -0.3 is 14.3 Å². The van der Waals surface area contributed by atoms with Gasteiger partial charge in [0, 0.05) is 40.3 Å². The number of halogens is 2. The Labute approximate surface area is 260 Å². The van der Waals surface area contributed by atoms with E-state index in [0.717, 1.165) is 57.6 Å². The fourth-order valence-electron chi connectivity index (χ4n) is 5.78. The number of amides is 1. The zero-order valence-corrected chi connectivity index (χ0v) is 26.2. The second-order valence-corrected chi connectivity index (χ2v) is 13.9. The number of thiophene rings is 1. The number of carbonyl (C=O) groups is 1. The molecule has 1 atom stereocenters. The molecule has 5 nitrogen and oxygen atoms in total. The molecule has 0 saturated carbocycles. The first-order chi connectivity index (χ1) is 20.2. The first-order valence-electron chi connectivity index (χ1n) is 14.2. The summed E-state index contributed by atoms with van der Waals surface area (Å²) in [5.41, 5.74) is 5.20. The van der Waals surface area contributed by atoms with Crippen LogP contribution in [0.5, 0.6) is 0 Å². The highest BCUT2D eigenvalue weighted by Crippen LogP contribution is 2.45. The lowest BCUT2D eigenvalue weighted by molar-refractivity contribution is 0.0947. The van der Waals surface area contributed by atoms with Crippen LogP contribution in [-0.2, 0) is 25.9 Å². The zero-order valence-electron chi connectivity index (χ0n) is 23.9. The highest BCUT2D eigenvalue weighted by Gasteiger charge is 2.33. The summed E-state index contributed by atoms with van der Waals surface area (Å²) in [7, 11) is 0. The lowest BCUT2D eigenvalue weighted by Crippen LogP contribution is -2.28. The minimum Gasteiger partial charge on any atom is -0.467 e. The third kappa shape index (κ3) is 5.94. The van der Waals surface area contributed by atoms with Crippen LogP contribution in [0.2, 0.25) is 10.0 Å². The van der Waals surface area contributed by atoms with E-state index in [4.69, 9.17) is 32.6 Å². The Bertz CT molecular complexity index is 1780. The Hall–Kier alpha value is -3.32. The zero-order chi connectivity index (χ0) is 29.4. The molecule has 5 aromatic rings. The van der Waals surface area contributed by atoms with Crippen molar-refractivity contribution in [3.63, 3.8) is 0 Å². The first-order valence-corrected chi connectivity index (χ1v) is 15.8. The normalized spacial score (nSPS) is 15.4. The number of rotatable bonds is 7. The maximum Gasteiger partial charge on any atom is 0.255 e. The number of hydrogen-bond donors (Lipinski definition) is 1. The topological polar surface area (TPSA) is 59.5 Å². The molecule has 1 aliphatic carbocycles. The molecule has 216 valence electrons. The number of furan rings is 1. The summed E-state index contributed by atoms with van der Waals surface area (Å²) in [4.78, 5) is 19.9. The van der Waals surface area contributed by atoms with E-state index in [1.165, 1.54) is 4.88 Å². The number of carbonyl (C=O) groups excluding carboxylic acids is 1. The van der Waals surface area contributed by atoms with Gasteiger partial charge >= 0.3 is 0 Å². The number of nitrogens with zero attached hydrogens (tertiary/aromatic N) is 2. The highest BCUT2D eigenvalue weighted by molar-refractivity contribution is 7.16. The lowest BCUT2D eigenvalue weighted by Gasteiger charge is -2.33. The van der Waals surface area contributed by atoms with Crippen molar-refractivity contribution < 1.29 is 9.21 Å². The number of para-hydroxylation sites is 1. The summed E-state index contributed by atoms with van der Waals surface area (Å²) in [5, 5.41) is 6.00. The minimum atomic E-state index is -0.104. The third-order valence-electron chi connectivity index (χ3n) is 8.18. The van der Waals surface area contributed by atoms with Gasteiger partial charge in [-0.15, -0.1) is 11.3 Å². The number of fused-ring (bicyclic) bond motifs is 2. The van der Waals surface area contributed by atoms with Gasteiger partial charge in [-0.1, -0.05) is 68.2 Å². The fraction of sp³-hybridized carbons (Fsp3) is 0.294. The van der Waals surface area contributed by atoms with Crippen LogP contribution in [0.25, 0.3) is 10.9 Å². The maximum absolute atomic E-state index is 13.6. The molecule has 0 aliphatic heterocycles. The van der Waals surface area contributed by atoms with E-state index in [9.17, 15) is 4.79 Å². The minimum absolute atomic E-state index is 0.104. The van der Waals surface area contributed by atoms with Crippen molar-refractivity contribution in [1.82, 2.24) is 9.88 Å². The molecule has 0 saturated heterocycles. The quantitative estimate of drug-likeness (QED) is 0.185. The summed E-state index contributed by atoms with van der Waals surface area (Å²) in [6.07, 6.45) is 8.55. The molecule has 2 aromatic carbocycles. The molecule has 42 heavy (non-hydrogen) atoms. The second-order valence-electron chi connectivity index (χ2n) is 12.0. The van der Waals surface area contributed by atoms with E-state index < -0.39 is 0 Å². The monoisotopic (exact) mass is 617 g/mol. The van der Waals surface area contributed by atoms with Gasteiger partial charge in [0.05, 0.1) is 28.4 Å². The van der Waals surface area contributed by atoms with Gasteiger partial charge in [-0.25, -0.2) is 4.99 Å². The van der Waals surface area contributed by atoms with E-state index in [1.54, 1.807) is 17.6 Å². The average molecular weight is 619 g/mol. The Kier molecular flexibility index (Phi) is 8.05. The van der Waals surface area contributed by atoms with Crippen molar-refractivity contribution in [1.29, 1.82) is 0 Å². The molecule has 6 rings (SSSR count). The second kappa shape index (κ2) is 11.8. The fourth-order valence-corrected chi connectivity index (χ4v) is 7.37. The molecule has 0 unspecified atom stereocenters.